The summed E-state index contributed by atoms with van der Waals surface area (Å²) in [6.07, 6.45) is 6.88. The second-order valence-corrected chi connectivity index (χ2v) is 14.3. The van der Waals surface area contributed by atoms with E-state index in [9.17, 15) is 8.42 Å². The van der Waals surface area contributed by atoms with Gasteiger partial charge in [0, 0.05) is 8.95 Å². The van der Waals surface area contributed by atoms with Crippen LogP contribution in [-0.2, 0) is 9.84 Å². The molecule has 200 valence electrons. The molecule has 0 aliphatic carbocycles. The van der Waals surface area contributed by atoms with E-state index < -0.39 is 20.3 Å². The zero-order chi connectivity index (χ0) is 28.2. The maximum atomic E-state index is 14.5. The zero-order valence-electron chi connectivity index (χ0n) is 20.0. The predicted molar refractivity (Wildman–Crippen MR) is 174 cm³/mol. The molecule has 0 radical (unpaired) electrons. The molecule has 4 rings (SSSR count). The van der Waals surface area contributed by atoms with Crippen LogP contribution in [0.4, 0.5) is 0 Å². The van der Waals surface area contributed by atoms with Gasteiger partial charge in [-0.25, -0.2) is 8.42 Å². The minimum atomic E-state index is -3.98. The highest BCUT2D eigenvalue weighted by Gasteiger charge is 2.34. The van der Waals surface area contributed by atoms with Crippen molar-refractivity contribution in [3.05, 3.63) is 148 Å². The first-order valence-electron chi connectivity index (χ1n) is 11.5. The molecule has 2 nitrogen and oxygen atoms in total. The van der Waals surface area contributed by atoms with Crippen molar-refractivity contribution in [3.63, 3.8) is 0 Å². The molecule has 0 saturated heterocycles. The fourth-order valence-electron chi connectivity index (χ4n) is 3.90. The van der Waals surface area contributed by atoms with Gasteiger partial charge in [-0.2, -0.15) is 0 Å². The summed E-state index contributed by atoms with van der Waals surface area (Å²) < 4.78 is 30.9. The Kier molecular flexibility index (Phi) is 10.4. The van der Waals surface area contributed by atoms with E-state index >= 15 is 0 Å². The molecule has 4 aromatic rings. The molecule has 0 bridgehead atoms. The molecule has 4 aromatic carbocycles. The topological polar surface area (TPSA) is 34.1 Å². The number of hydrogen-bond acceptors (Lipinski definition) is 2. The summed E-state index contributed by atoms with van der Waals surface area (Å²) in [6.45, 7) is 0. The largest absolute Gasteiger partial charge is 0.227 e. The SMILES string of the molecule is O=S(=O)(C(/C=C/c1ccc(Br)cc1)c1ccc(Cl)c(Cl)c1)C(/C=C/c1ccc(Br)cc1)c1ccc(Cl)c(Cl)c1. The number of sulfone groups is 1. The minimum absolute atomic E-state index is 0.267. The fourth-order valence-corrected chi connectivity index (χ4v) is 7.01. The molecule has 2 unspecified atom stereocenters. The molecule has 2 atom stereocenters. The lowest BCUT2D eigenvalue weighted by atomic mass is 10.1. The van der Waals surface area contributed by atoms with E-state index in [0.29, 0.717) is 21.2 Å². The first kappa shape index (κ1) is 30.4. The Morgan fingerprint density at radius 2 is 0.897 bits per heavy atom. The van der Waals surface area contributed by atoms with Gasteiger partial charge >= 0.3 is 0 Å². The number of benzene rings is 4. The molecule has 0 aromatic heterocycles. The lowest BCUT2D eigenvalue weighted by molar-refractivity contribution is 0.584. The maximum Gasteiger partial charge on any atom is 0.171 e. The van der Waals surface area contributed by atoms with Gasteiger partial charge in [-0.1, -0.05) is 139 Å². The smallest absolute Gasteiger partial charge is 0.171 e. The van der Waals surface area contributed by atoms with Crippen LogP contribution in [0.2, 0.25) is 20.1 Å². The highest BCUT2D eigenvalue weighted by Crippen LogP contribution is 2.40. The number of halogens is 6. The van der Waals surface area contributed by atoms with E-state index in [-0.39, 0.29) is 10.0 Å². The predicted octanol–water partition coefficient (Wildman–Crippen LogP) is 11.4. The third-order valence-corrected chi connectivity index (χ3v) is 10.7. The second-order valence-electron chi connectivity index (χ2n) is 8.60. The summed E-state index contributed by atoms with van der Waals surface area (Å²) in [7, 11) is -3.98. The second kappa shape index (κ2) is 13.4. The van der Waals surface area contributed by atoms with Crippen molar-refractivity contribution in [1.29, 1.82) is 0 Å². The summed E-state index contributed by atoms with van der Waals surface area (Å²) in [4.78, 5) is 0. The van der Waals surface area contributed by atoms with Crippen molar-refractivity contribution in [2.24, 2.45) is 0 Å². The van der Waals surface area contributed by atoms with Crippen LogP contribution in [-0.4, -0.2) is 8.42 Å². The van der Waals surface area contributed by atoms with Crippen LogP contribution in [0.5, 0.6) is 0 Å². The quantitative estimate of drug-likeness (QED) is 0.180. The van der Waals surface area contributed by atoms with Gasteiger partial charge in [-0.15, -0.1) is 0 Å². The van der Waals surface area contributed by atoms with Crippen LogP contribution in [0.25, 0.3) is 12.2 Å². The van der Waals surface area contributed by atoms with Crippen LogP contribution in [0.1, 0.15) is 32.8 Å². The Morgan fingerprint density at radius 1 is 0.538 bits per heavy atom. The molecule has 39 heavy (non-hydrogen) atoms. The van der Waals surface area contributed by atoms with Crippen molar-refractivity contribution >= 4 is 100 Å². The van der Waals surface area contributed by atoms with Gasteiger partial charge in [0.05, 0.1) is 20.1 Å². The van der Waals surface area contributed by atoms with Gasteiger partial charge in [0.1, 0.15) is 10.5 Å². The van der Waals surface area contributed by atoms with Gasteiger partial charge in [-0.05, 0) is 70.8 Å². The van der Waals surface area contributed by atoms with Crippen molar-refractivity contribution in [2.45, 2.75) is 10.5 Å². The first-order valence-corrected chi connectivity index (χ1v) is 16.3. The number of hydrogen-bond donors (Lipinski definition) is 0. The number of rotatable bonds is 8. The van der Waals surface area contributed by atoms with Crippen LogP contribution in [0.3, 0.4) is 0 Å². The Morgan fingerprint density at radius 3 is 1.23 bits per heavy atom. The molecule has 0 fully saturated rings. The summed E-state index contributed by atoms with van der Waals surface area (Å²) in [6, 6.07) is 24.8. The van der Waals surface area contributed by atoms with E-state index in [4.69, 9.17) is 46.4 Å². The normalized spacial score (nSPS) is 13.7. The molecular weight excluding hydrogens is 726 g/mol. The molecule has 0 saturated carbocycles. The molecule has 0 aliphatic heterocycles. The molecule has 0 heterocycles. The highest BCUT2D eigenvalue weighted by atomic mass is 79.9. The van der Waals surface area contributed by atoms with E-state index in [0.717, 1.165) is 20.1 Å². The highest BCUT2D eigenvalue weighted by molar-refractivity contribution is 9.10. The van der Waals surface area contributed by atoms with Gasteiger partial charge in [-0.3, -0.25) is 0 Å². The summed E-state index contributed by atoms with van der Waals surface area (Å²) in [5, 5.41) is -0.894. The fraction of sp³-hybridized carbons (Fsp3) is 0.0667. The Balaban J connectivity index is 1.86. The third-order valence-electron chi connectivity index (χ3n) is 5.92. The first-order chi connectivity index (χ1) is 18.5. The van der Waals surface area contributed by atoms with Crippen molar-refractivity contribution in [3.8, 4) is 0 Å². The van der Waals surface area contributed by atoms with E-state index in [1.807, 2.05) is 48.5 Å². The van der Waals surface area contributed by atoms with Crippen molar-refractivity contribution < 1.29 is 8.42 Å². The van der Waals surface area contributed by atoms with Crippen LogP contribution in [0.15, 0.2) is 106 Å². The average molecular weight is 746 g/mol. The monoisotopic (exact) mass is 742 g/mol. The lowest BCUT2D eigenvalue weighted by Gasteiger charge is -2.22. The molecular formula is C30H20Br2Cl4O2S. The average Bonchev–Trinajstić information content (AvgIpc) is 2.90. The maximum absolute atomic E-state index is 14.5. The minimum Gasteiger partial charge on any atom is -0.227 e. The molecule has 9 heteroatoms. The lowest BCUT2D eigenvalue weighted by Crippen LogP contribution is -2.19. The van der Waals surface area contributed by atoms with E-state index in [1.165, 1.54) is 0 Å². The summed E-state index contributed by atoms with van der Waals surface area (Å²) in [5.74, 6) is 0. The molecule has 0 N–H and O–H groups in total. The van der Waals surface area contributed by atoms with Crippen LogP contribution >= 0.6 is 78.3 Å². The van der Waals surface area contributed by atoms with Gasteiger partial charge < -0.3 is 0 Å². The van der Waals surface area contributed by atoms with Crippen LogP contribution < -0.4 is 0 Å². The van der Waals surface area contributed by atoms with E-state index in [2.05, 4.69) is 31.9 Å². The standard InChI is InChI=1S/C30H20Br2Cl4O2S/c31-23-9-1-19(2-10-23)5-15-29(21-7-13-25(33)27(35)17-21)39(37,38)30(22-8-14-26(34)28(36)18-22)16-6-20-3-11-24(32)12-4-20/h1-18,29-30H/b15-5+,16-6+. The Hall–Kier alpha value is -1.57. The van der Waals surface area contributed by atoms with Crippen molar-refractivity contribution in [1.82, 2.24) is 0 Å². The van der Waals surface area contributed by atoms with Crippen molar-refractivity contribution in [2.75, 3.05) is 0 Å². The molecule has 0 aliphatic rings. The Bertz CT molecular complexity index is 1520. The van der Waals surface area contributed by atoms with E-state index in [1.54, 1.807) is 60.7 Å². The molecule has 0 spiro atoms. The van der Waals surface area contributed by atoms with Gasteiger partial charge in [0.25, 0.3) is 0 Å². The summed E-state index contributed by atoms with van der Waals surface area (Å²) in [5.41, 5.74) is 2.66. The van der Waals surface area contributed by atoms with Crippen LogP contribution in [0, 0.1) is 0 Å². The van der Waals surface area contributed by atoms with Gasteiger partial charge in [0.15, 0.2) is 9.84 Å². The Labute approximate surface area is 265 Å². The van der Waals surface area contributed by atoms with Gasteiger partial charge in [0.2, 0.25) is 0 Å². The molecule has 0 amide bonds. The zero-order valence-corrected chi connectivity index (χ0v) is 27.1. The third kappa shape index (κ3) is 7.80. The summed E-state index contributed by atoms with van der Waals surface area (Å²) >= 11 is 31.8.